The van der Waals surface area contributed by atoms with E-state index in [0.717, 1.165) is 19.4 Å². The highest BCUT2D eigenvalue weighted by Crippen LogP contribution is 2.42. The number of hydrogen-bond acceptors (Lipinski definition) is 10. The third kappa shape index (κ3) is 3.91. The molecule has 0 N–H and O–H groups in total. The van der Waals surface area contributed by atoms with Crippen LogP contribution in [0.25, 0.3) is 10.9 Å². The zero-order chi connectivity index (χ0) is 24.2. The first-order valence-corrected chi connectivity index (χ1v) is 12.0. The number of hydrogen-bond donors (Lipinski definition) is 0. The summed E-state index contributed by atoms with van der Waals surface area (Å²) in [5.74, 6) is -0.263. The highest BCUT2D eigenvalue weighted by molar-refractivity contribution is 6.30. The second-order valence-corrected chi connectivity index (χ2v) is 9.75. The lowest BCUT2D eigenvalue weighted by atomic mass is 9.95. The minimum absolute atomic E-state index is 0.0146. The fraction of sp³-hybridized carbons (Fsp3) is 0.636. The molecule has 0 spiro atoms. The van der Waals surface area contributed by atoms with Gasteiger partial charge in [-0.3, -0.25) is 4.90 Å². The minimum atomic E-state index is -0.889. The Morgan fingerprint density at radius 3 is 3.03 bits per heavy atom. The summed E-state index contributed by atoms with van der Waals surface area (Å²) < 4.78 is 47.1. The largest absolute Gasteiger partial charge is 0.475 e. The Bertz CT molecular complexity index is 1190. The van der Waals surface area contributed by atoms with Gasteiger partial charge in [-0.1, -0.05) is 16.8 Å². The van der Waals surface area contributed by atoms with E-state index in [-0.39, 0.29) is 48.4 Å². The predicted molar refractivity (Wildman–Crippen MR) is 123 cm³/mol. The zero-order valence-electron chi connectivity index (χ0n) is 19.2. The van der Waals surface area contributed by atoms with Gasteiger partial charge in [0.1, 0.15) is 48.9 Å². The third-order valence-corrected chi connectivity index (χ3v) is 7.43. The molecule has 6 heterocycles. The van der Waals surface area contributed by atoms with Crippen LogP contribution in [0.1, 0.15) is 19.3 Å². The van der Waals surface area contributed by atoms with Crippen LogP contribution in [0.3, 0.4) is 0 Å². The summed E-state index contributed by atoms with van der Waals surface area (Å²) in [7, 11) is 1.46. The molecule has 4 aliphatic rings. The molecule has 13 heteroatoms. The Labute approximate surface area is 205 Å². The first-order valence-electron chi connectivity index (χ1n) is 11.6. The smallest absolute Gasteiger partial charge is 0.319 e. The van der Waals surface area contributed by atoms with Gasteiger partial charge in [0.15, 0.2) is 11.0 Å². The fourth-order valence-electron chi connectivity index (χ4n) is 5.62. The summed E-state index contributed by atoms with van der Waals surface area (Å²) >= 11 is 6.08. The van der Waals surface area contributed by atoms with Crippen LogP contribution < -0.4 is 14.4 Å². The molecule has 2 aromatic rings. The lowest BCUT2D eigenvalue weighted by Gasteiger charge is -2.31. The van der Waals surface area contributed by atoms with Gasteiger partial charge in [-0.2, -0.15) is 15.0 Å². The van der Waals surface area contributed by atoms with Crippen LogP contribution in [0.2, 0.25) is 5.15 Å². The van der Waals surface area contributed by atoms with Crippen molar-refractivity contribution in [3.8, 4) is 11.9 Å². The van der Waals surface area contributed by atoms with Crippen molar-refractivity contribution in [3.05, 3.63) is 11.0 Å². The van der Waals surface area contributed by atoms with E-state index in [9.17, 15) is 4.39 Å². The van der Waals surface area contributed by atoms with Gasteiger partial charge >= 0.3 is 6.01 Å². The summed E-state index contributed by atoms with van der Waals surface area (Å²) in [5, 5.41) is 4.00. The molecule has 0 bridgehead atoms. The third-order valence-electron chi connectivity index (χ3n) is 7.18. The molecule has 0 radical (unpaired) electrons. The van der Waals surface area contributed by atoms with E-state index in [2.05, 4.69) is 25.0 Å². The van der Waals surface area contributed by atoms with Crippen molar-refractivity contribution in [2.75, 3.05) is 58.1 Å². The van der Waals surface area contributed by atoms with Gasteiger partial charge in [-0.05, 0) is 19.4 Å². The molecular weight excluding hydrogens is 486 g/mol. The number of alkyl halides is 1. The first kappa shape index (κ1) is 22.9. The van der Waals surface area contributed by atoms with Gasteiger partial charge < -0.3 is 23.9 Å². The van der Waals surface area contributed by atoms with Crippen LogP contribution >= 0.6 is 11.6 Å². The quantitative estimate of drug-likeness (QED) is 0.454. The van der Waals surface area contributed by atoms with E-state index in [1.807, 2.05) is 4.90 Å². The van der Waals surface area contributed by atoms with E-state index in [0.29, 0.717) is 43.0 Å². The Morgan fingerprint density at radius 2 is 2.17 bits per heavy atom. The van der Waals surface area contributed by atoms with Gasteiger partial charge in [0, 0.05) is 13.0 Å². The Balaban J connectivity index is 1.43. The Kier molecular flexibility index (Phi) is 5.76. The number of rotatable bonds is 4. The van der Waals surface area contributed by atoms with Crippen LogP contribution in [-0.4, -0.2) is 96.5 Å². The van der Waals surface area contributed by atoms with Crippen LogP contribution in [0.15, 0.2) is 5.16 Å². The second kappa shape index (κ2) is 8.82. The summed E-state index contributed by atoms with van der Waals surface area (Å²) in [6, 6.07) is -0.271. The van der Waals surface area contributed by atoms with Crippen molar-refractivity contribution in [2.24, 2.45) is 5.16 Å². The Morgan fingerprint density at radius 1 is 1.29 bits per heavy atom. The minimum Gasteiger partial charge on any atom is -0.475 e. The molecule has 3 saturated heterocycles. The molecule has 35 heavy (non-hydrogen) atoms. The van der Waals surface area contributed by atoms with Gasteiger partial charge in [-0.25, -0.2) is 8.78 Å². The van der Waals surface area contributed by atoms with Gasteiger partial charge in [0.05, 0.1) is 31.3 Å². The lowest BCUT2D eigenvalue weighted by molar-refractivity contribution is 0.107. The van der Waals surface area contributed by atoms with E-state index in [4.69, 9.17) is 30.6 Å². The molecule has 3 atom stereocenters. The van der Waals surface area contributed by atoms with Crippen molar-refractivity contribution in [1.82, 2.24) is 19.9 Å². The molecule has 0 unspecified atom stereocenters. The zero-order valence-corrected chi connectivity index (χ0v) is 19.9. The number of nitrogens with zero attached hydrogens (tertiary/aromatic N) is 6. The van der Waals surface area contributed by atoms with Crippen LogP contribution in [0.4, 0.5) is 14.6 Å². The van der Waals surface area contributed by atoms with Crippen molar-refractivity contribution in [3.63, 3.8) is 0 Å². The molecule has 6 rings (SSSR count). The highest BCUT2D eigenvalue weighted by atomic mass is 35.5. The first-order chi connectivity index (χ1) is 17.0. The molecule has 2 aromatic heterocycles. The number of ether oxygens (including phenoxy) is 3. The van der Waals surface area contributed by atoms with Crippen molar-refractivity contribution in [2.45, 2.75) is 37.0 Å². The maximum absolute atomic E-state index is 15.2. The van der Waals surface area contributed by atoms with Crippen LogP contribution in [0, 0.1) is 5.82 Å². The standard InChI is InChI=1S/C22H25ClF2N6O4/c1-32-29-13-7-31-14(9-33-8-13)10-34-20-15-17(16(25)18(23)27-20)26-21(28-19(15)31)35-11-22-3-2-4-30(22)6-12(24)5-22/h12,14H,2-11H2,1H3/b29-13+/t12-,14+,22+/m1/s1. The number of aromatic nitrogens is 3. The maximum Gasteiger partial charge on any atom is 0.319 e. The summed E-state index contributed by atoms with van der Waals surface area (Å²) in [6.45, 7) is 2.59. The SMILES string of the molecule is CO/N=C1/COC[C@H]2COc3nc(Cl)c(F)c4nc(OC[C@@]56CCCN5C[C@H](F)C6)nc(c34)N2C1. The predicted octanol–water partition coefficient (Wildman–Crippen LogP) is 2.37. The van der Waals surface area contributed by atoms with Crippen molar-refractivity contribution in [1.29, 1.82) is 0 Å². The van der Waals surface area contributed by atoms with Crippen molar-refractivity contribution < 1.29 is 27.8 Å². The summed E-state index contributed by atoms with van der Waals surface area (Å²) in [6.07, 6.45) is 1.32. The number of oxime groups is 1. The molecule has 0 aromatic carbocycles. The van der Waals surface area contributed by atoms with E-state index >= 15 is 4.39 Å². The molecule has 4 aliphatic heterocycles. The molecule has 0 amide bonds. The Hall–Kier alpha value is -2.57. The maximum atomic E-state index is 15.2. The monoisotopic (exact) mass is 510 g/mol. The summed E-state index contributed by atoms with van der Waals surface area (Å²) in [5.41, 5.74) is 0.188. The van der Waals surface area contributed by atoms with Gasteiger partial charge in [0.25, 0.3) is 0 Å². The van der Waals surface area contributed by atoms with Gasteiger partial charge in [-0.15, -0.1) is 0 Å². The second-order valence-electron chi connectivity index (χ2n) is 9.39. The fourth-order valence-corrected chi connectivity index (χ4v) is 5.79. The summed E-state index contributed by atoms with van der Waals surface area (Å²) in [4.78, 5) is 22.1. The van der Waals surface area contributed by atoms with E-state index < -0.39 is 17.5 Å². The number of anilines is 1. The molecule has 3 fully saturated rings. The average molecular weight is 511 g/mol. The molecule has 0 saturated carbocycles. The molecular formula is C22H25ClF2N6O4. The van der Waals surface area contributed by atoms with Crippen LogP contribution in [0.5, 0.6) is 11.9 Å². The van der Waals surface area contributed by atoms with Crippen LogP contribution in [-0.2, 0) is 9.57 Å². The van der Waals surface area contributed by atoms with Crippen molar-refractivity contribution >= 4 is 34.0 Å². The number of pyridine rings is 1. The average Bonchev–Trinajstić information content (AvgIpc) is 3.22. The molecule has 10 nitrogen and oxygen atoms in total. The lowest BCUT2D eigenvalue weighted by Crippen LogP contribution is -2.44. The van der Waals surface area contributed by atoms with E-state index in [1.165, 1.54) is 7.11 Å². The number of halogens is 3. The number of fused-ring (bicyclic) bond motifs is 3. The normalized spacial score (nSPS) is 29.5. The molecule has 0 aliphatic carbocycles. The van der Waals surface area contributed by atoms with Gasteiger partial charge in [0.2, 0.25) is 5.88 Å². The topological polar surface area (TPSA) is 94.4 Å². The molecule has 188 valence electrons. The van der Waals surface area contributed by atoms with E-state index in [1.54, 1.807) is 0 Å². The highest BCUT2D eigenvalue weighted by Gasteiger charge is 2.49.